The molecule has 28 heavy (non-hydrogen) atoms. The number of nitrogens with two attached hydrogens (primary N) is 1. The number of primary amides is 1. The number of carbonyl (C=O) groups is 3. The molecule has 0 radical (unpaired) electrons. The number of fused-ring (bicyclic) bond motifs is 3. The van der Waals surface area contributed by atoms with Crippen LogP contribution >= 0.6 is 0 Å². The van der Waals surface area contributed by atoms with Gasteiger partial charge in [0, 0.05) is 12.0 Å². The molecule has 1 amide bonds. The molecule has 0 aromatic heterocycles. The highest BCUT2D eigenvalue weighted by atomic mass is 32.3. The first-order chi connectivity index (χ1) is 13.0. The molecule has 0 aliphatic heterocycles. The molecule has 8 nitrogen and oxygen atoms in total. The van der Waals surface area contributed by atoms with Crippen LogP contribution in [0.1, 0.15) is 15.9 Å². The van der Waals surface area contributed by atoms with E-state index in [-0.39, 0.29) is 6.42 Å². The van der Waals surface area contributed by atoms with E-state index < -0.39 is 33.8 Å². The molecule has 9 heteroatoms. The largest absolute Gasteiger partial charge is 0.394 e. The quantitative estimate of drug-likeness (QED) is 0.319. The van der Waals surface area contributed by atoms with Crippen LogP contribution in [0.2, 0.25) is 0 Å². The summed E-state index contributed by atoms with van der Waals surface area (Å²) in [5.41, 5.74) is 6.31. The van der Waals surface area contributed by atoms with E-state index in [4.69, 9.17) is 23.3 Å². The highest BCUT2D eigenvalue weighted by Crippen LogP contribution is 2.30. The predicted octanol–water partition coefficient (Wildman–Crippen LogP) is 1.75. The van der Waals surface area contributed by atoms with Crippen LogP contribution in [0.15, 0.2) is 48.5 Å². The standard InChI is InChI=1S/C19H13NO3.H2O4S/c20-19(23)17-16(21)9-14-7-12-5-10-3-1-2-4-11(10)6-13(12)8-15(14)18(17)22;1-5(2,3)4/h1-8,17H,9H2,(H2,20,23);(H2,1,2,3,4). The van der Waals surface area contributed by atoms with Crippen molar-refractivity contribution in [2.45, 2.75) is 6.42 Å². The molecule has 3 aromatic rings. The fraction of sp³-hybridized carbons (Fsp3) is 0.105. The second kappa shape index (κ2) is 7.12. The van der Waals surface area contributed by atoms with Crippen molar-refractivity contribution < 1.29 is 31.9 Å². The van der Waals surface area contributed by atoms with E-state index in [9.17, 15) is 14.4 Å². The van der Waals surface area contributed by atoms with Gasteiger partial charge < -0.3 is 5.73 Å². The Kier molecular flexibility index (Phi) is 4.99. The smallest absolute Gasteiger partial charge is 0.369 e. The van der Waals surface area contributed by atoms with Gasteiger partial charge in [-0.1, -0.05) is 24.3 Å². The Morgan fingerprint density at radius 1 is 0.929 bits per heavy atom. The van der Waals surface area contributed by atoms with Gasteiger partial charge in [-0.15, -0.1) is 0 Å². The van der Waals surface area contributed by atoms with Crippen LogP contribution in [0.3, 0.4) is 0 Å². The molecule has 4 N–H and O–H groups in total. The maximum Gasteiger partial charge on any atom is 0.394 e. The molecule has 0 saturated heterocycles. The minimum Gasteiger partial charge on any atom is -0.369 e. The summed E-state index contributed by atoms with van der Waals surface area (Å²) in [6.07, 6.45) is 0.0669. The van der Waals surface area contributed by atoms with Gasteiger partial charge >= 0.3 is 10.4 Å². The number of carbonyl (C=O) groups excluding carboxylic acids is 3. The first-order valence-corrected chi connectivity index (χ1v) is 9.46. The van der Waals surface area contributed by atoms with E-state index >= 15 is 0 Å². The van der Waals surface area contributed by atoms with Gasteiger partial charge in [0.05, 0.1) is 0 Å². The zero-order chi connectivity index (χ0) is 20.6. The molecule has 3 aromatic carbocycles. The molecule has 4 rings (SSSR count). The van der Waals surface area contributed by atoms with Crippen LogP contribution in [0.4, 0.5) is 0 Å². The van der Waals surface area contributed by atoms with E-state index in [0.29, 0.717) is 11.1 Å². The number of rotatable bonds is 1. The number of hydrogen-bond donors (Lipinski definition) is 3. The van der Waals surface area contributed by atoms with Crippen molar-refractivity contribution in [2.24, 2.45) is 11.7 Å². The molecule has 1 unspecified atom stereocenters. The molecular formula is C19H15NO7S. The summed E-state index contributed by atoms with van der Waals surface area (Å²) in [6, 6.07) is 15.6. The van der Waals surface area contributed by atoms with Gasteiger partial charge in [-0.2, -0.15) is 8.42 Å². The first-order valence-electron chi connectivity index (χ1n) is 8.06. The predicted molar refractivity (Wildman–Crippen MR) is 101 cm³/mol. The monoisotopic (exact) mass is 401 g/mol. The van der Waals surface area contributed by atoms with Crippen LogP contribution in [0.5, 0.6) is 0 Å². The topological polar surface area (TPSA) is 152 Å². The minimum atomic E-state index is -4.67. The molecule has 1 atom stereocenters. The molecule has 0 bridgehead atoms. The number of benzene rings is 3. The second-order valence-corrected chi connectivity index (χ2v) is 7.24. The highest BCUT2D eigenvalue weighted by molar-refractivity contribution is 7.79. The van der Waals surface area contributed by atoms with Gasteiger partial charge in [-0.05, 0) is 51.4 Å². The minimum absolute atomic E-state index is 0.0669. The van der Waals surface area contributed by atoms with Crippen LogP contribution in [-0.4, -0.2) is 35.0 Å². The van der Waals surface area contributed by atoms with Crippen LogP contribution in [-0.2, 0) is 26.4 Å². The molecule has 0 fully saturated rings. The van der Waals surface area contributed by atoms with Crippen molar-refractivity contribution in [3.8, 4) is 0 Å². The molecule has 1 aliphatic carbocycles. The summed E-state index contributed by atoms with van der Waals surface area (Å²) in [5.74, 6) is -3.13. The Balaban J connectivity index is 0.000000403. The van der Waals surface area contributed by atoms with Crippen molar-refractivity contribution in [3.05, 3.63) is 59.7 Å². The lowest BCUT2D eigenvalue weighted by molar-refractivity contribution is -0.129. The first kappa shape index (κ1) is 19.6. The van der Waals surface area contributed by atoms with Gasteiger partial charge in [0.1, 0.15) is 0 Å². The van der Waals surface area contributed by atoms with E-state index in [0.717, 1.165) is 21.5 Å². The zero-order valence-corrected chi connectivity index (χ0v) is 15.1. The Labute approximate surface area is 159 Å². The van der Waals surface area contributed by atoms with Crippen LogP contribution in [0.25, 0.3) is 21.5 Å². The van der Waals surface area contributed by atoms with Crippen molar-refractivity contribution in [3.63, 3.8) is 0 Å². The van der Waals surface area contributed by atoms with Gasteiger partial charge in [-0.3, -0.25) is 23.5 Å². The van der Waals surface area contributed by atoms with Gasteiger partial charge in [0.15, 0.2) is 17.5 Å². The number of ketones is 2. The van der Waals surface area contributed by atoms with E-state index in [2.05, 4.69) is 0 Å². The molecule has 0 heterocycles. The highest BCUT2D eigenvalue weighted by Gasteiger charge is 2.38. The van der Waals surface area contributed by atoms with E-state index in [1.54, 1.807) is 6.07 Å². The average molecular weight is 401 g/mol. The lowest BCUT2D eigenvalue weighted by Gasteiger charge is -2.20. The molecule has 0 saturated carbocycles. The number of Topliss-reactive ketones (excluding diaryl/α,β-unsaturated/α-hetero) is 2. The Bertz CT molecular complexity index is 1240. The SMILES string of the molecule is NC(=O)C1C(=O)Cc2cc3cc4ccccc4cc3cc2C1=O.O=S(=O)(O)O. The van der Waals surface area contributed by atoms with E-state index in [1.807, 2.05) is 42.5 Å². The van der Waals surface area contributed by atoms with Crippen molar-refractivity contribution >= 4 is 49.4 Å². The maximum absolute atomic E-state index is 12.5. The fourth-order valence-electron chi connectivity index (χ4n) is 3.29. The lowest BCUT2D eigenvalue weighted by atomic mass is 9.80. The van der Waals surface area contributed by atoms with Crippen LogP contribution < -0.4 is 5.73 Å². The Hall–Kier alpha value is -3.14. The van der Waals surface area contributed by atoms with Crippen molar-refractivity contribution in [2.75, 3.05) is 0 Å². The maximum atomic E-state index is 12.5. The molecular weight excluding hydrogens is 386 g/mol. The lowest BCUT2D eigenvalue weighted by Crippen LogP contribution is -2.41. The fourth-order valence-corrected chi connectivity index (χ4v) is 3.29. The van der Waals surface area contributed by atoms with Crippen LogP contribution in [0, 0.1) is 5.92 Å². The van der Waals surface area contributed by atoms with Crippen molar-refractivity contribution in [1.29, 1.82) is 0 Å². The number of hydrogen-bond acceptors (Lipinski definition) is 5. The molecule has 1 aliphatic rings. The summed E-state index contributed by atoms with van der Waals surface area (Å²) < 4.78 is 31.6. The summed E-state index contributed by atoms with van der Waals surface area (Å²) in [7, 11) is -4.67. The summed E-state index contributed by atoms with van der Waals surface area (Å²) >= 11 is 0. The molecule has 0 spiro atoms. The second-order valence-electron chi connectivity index (χ2n) is 6.35. The Morgan fingerprint density at radius 2 is 1.43 bits per heavy atom. The summed E-state index contributed by atoms with van der Waals surface area (Å²) in [6.45, 7) is 0. The number of amides is 1. The van der Waals surface area contributed by atoms with E-state index in [1.165, 1.54) is 0 Å². The van der Waals surface area contributed by atoms with Gasteiger partial charge in [-0.25, -0.2) is 0 Å². The third-order valence-electron chi connectivity index (χ3n) is 4.43. The summed E-state index contributed by atoms with van der Waals surface area (Å²) in [5, 5.41) is 4.06. The molecule has 144 valence electrons. The normalized spacial score (nSPS) is 16.4. The van der Waals surface area contributed by atoms with Crippen molar-refractivity contribution in [1.82, 2.24) is 0 Å². The Morgan fingerprint density at radius 3 is 1.93 bits per heavy atom. The van der Waals surface area contributed by atoms with Gasteiger partial charge in [0.2, 0.25) is 5.91 Å². The third-order valence-corrected chi connectivity index (χ3v) is 4.43. The average Bonchev–Trinajstić information content (AvgIpc) is 2.57. The third kappa shape index (κ3) is 4.06. The van der Waals surface area contributed by atoms with Gasteiger partial charge in [0.25, 0.3) is 0 Å². The zero-order valence-electron chi connectivity index (χ0n) is 14.3. The summed E-state index contributed by atoms with van der Waals surface area (Å²) in [4.78, 5) is 35.9.